The molecule has 0 aliphatic heterocycles. The van der Waals surface area contributed by atoms with Crippen LogP contribution in [0.25, 0.3) is 0 Å². The Labute approximate surface area is 136 Å². The number of carbonyl (C=O) groups excluding carboxylic acids is 1. The molecule has 0 unspecified atom stereocenters. The Morgan fingerprint density at radius 2 is 2.24 bits per heavy atom. The first-order valence-corrected chi connectivity index (χ1v) is 7.55. The maximum Gasteiger partial charge on any atom is 0.338 e. The summed E-state index contributed by atoms with van der Waals surface area (Å²) in [6.07, 6.45) is 0. The van der Waals surface area contributed by atoms with Crippen LogP contribution >= 0.6 is 27.5 Å². The molecule has 1 aromatic carbocycles. The van der Waals surface area contributed by atoms with Gasteiger partial charge in [0, 0.05) is 6.54 Å². The number of halogens is 2. The van der Waals surface area contributed by atoms with E-state index in [0.29, 0.717) is 22.8 Å². The molecule has 21 heavy (non-hydrogen) atoms. The lowest BCUT2D eigenvalue weighted by Gasteiger charge is -2.08. The van der Waals surface area contributed by atoms with Crippen molar-refractivity contribution in [3.05, 3.63) is 44.6 Å². The molecule has 7 heteroatoms. The number of ether oxygens (including phenoxy) is 1. The quantitative estimate of drug-likeness (QED) is 0.658. The van der Waals surface area contributed by atoms with Crippen molar-refractivity contribution in [3.63, 3.8) is 0 Å². The van der Waals surface area contributed by atoms with E-state index in [1.165, 1.54) is 6.07 Å². The third-order valence-electron chi connectivity index (χ3n) is 3.02. The molecule has 0 fully saturated rings. The topological polar surface area (TPSA) is 70.1 Å². The molecule has 0 amide bonds. The van der Waals surface area contributed by atoms with Crippen LogP contribution in [0.5, 0.6) is 0 Å². The predicted molar refractivity (Wildman–Crippen MR) is 85.3 cm³/mol. The number of hydrogen-bond donors (Lipinski definition) is 1. The van der Waals surface area contributed by atoms with Crippen LogP contribution in [-0.2, 0) is 17.9 Å². The van der Waals surface area contributed by atoms with E-state index < -0.39 is 5.97 Å². The molecule has 0 aliphatic rings. The van der Waals surface area contributed by atoms with Crippen molar-refractivity contribution in [2.75, 3.05) is 5.73 Å². The van der Waals surface area contributed by atoms with Gasteiger partial charge in [-0.25, -0.2) is 4.79 Å². The standard InChI is InChI=1S/C14H15BrClN3O2/c1-3-19-12(13(15)8(2)18-19)7-21-14(20)9-4-5-10(16)11(17)6-9/h4-6H,3,7,17H2,1-2H3. The van der Waals surface area contributed by atoms with Gasteiger partial charge in [-0.15, -0.1) is 0 Å². The smallest absolute Gasteiger partial charge is 0.338 e. The van der Waals surface area contributed by atoms with Crippen molar-refractivity contribution in [2.45, 2.75) is 27.0 Å². The Kier molecular flexibility index (Phi) is 4.90. The van der Waals surface area contributed by atoms with Crippen LogP contribution in [0, 0.1) is 6.92 Å². The minimum atomic E-state index is -0.452. The molecule has 0 atom stereocenters. The second-order valence-electron chi connectivity index (χ2n) is 4.47. The minimum absolute atomic E-state index is 0.136. The summed E-state index contributed by atoms with van der Waals surface area (Å²) in [6.45, 7) is 4.70. The summed E-state index contributed by atoms with van der Waals surface area (Å²) in [5.74, 6) is -0.452. The fraction of sp³-hybridized carbons (Fsp3) is 0.286. The van der Waals surface area contributed by atoms with Gasteiger partial charge in [-0.2, -0.15) is 5.10 Å². The zero-order valence-electron chi connectivity index (χ0n) is 11.7. The first-order valence-electron chi connectivity index (χ1n) is 6.38. The lowest BCUT2D eigenvalue weighted by atomic mass is 10.2. The molecule has 0 saturated heterocycles. The minimum Gasteiger partial charge on any atom is -0.456 e. The number of aromatic nitrogens is 2. The first kappa shape index (κ1) is 15.9. The summed E-state index contributed by atoms with van der Waals surface area (Å²) in [5, 5.41) is 4.76. The van der Waals surface area contributed by atoms with Crippen molar-refractivity contribution in [1.82, 2.24) is 9.78 Å². The number of esters is 1. The Morgan fingerprint density at radius 3 is 2.86 bits per heavy atom. The molecule has 2 N–H and O–H groups in total. The van der Waals surface area contributed by atoms with Crippen LogP contribution in [0.3, 0.4) is 0 Å². The number of rotatable bonds is 4. The monoisotopic (exact) mass is 371 g/mol. The van der Waals surface area contributed by atoms with Crippen LogP contribution in [-0.4, -0.2) is 15.7 Å². The number of nitrogens with zero attached hydrogens (tertiary/aromatic N) is 2. The highest BCUT2D eigenvalue weighted by Crippen LogP contribution is 2.23. The van der Waals surface area contributed by atoms with E-state index in [0.717, 1.165) is 15.9 Å². The van der Waals surface area contributed by atoms with Gasteiger partial charge >= 0.3 is 5.97 Å². The molecule has 0 radical (unpaired) electrons. The van der Waals surface area contributed by atoms with Gasteiger partial charge in [0.2, 0.25) is 0 Å². The molecule has 5 nitrogen and oxygen atoms in total. The maximum atomic E-state index is 12.0. The summed E-state index contributed by atoms with van der Waals surface area (Å²) in [5.41, 5.74) is 8.08. The molecule has 0 spiro atoms. The molecular formula is C14H15BrClN3O2. The van der Waals surface area contributed by atoms with Gasteiger partial charge in [0.15, 0.2) is 0 Å². The van der Waals surface area contributed by atoms with Gasteiger partial charge in [0.05, 0.1) is 32.1 Å². The fourth-order valence-electron chi connectivity index (χ4n) is 1.89. The highest BCUT2D eigenvalue weighted by Gasteiger charge is 2.15. The first-order chi connectivity index (χ1) is 9.93. The number of nitrogen functional groups attached to an aromatic ring is 1. The number of benzene rings is 1. The number of aryl methyl sites for hydroxylation is 2. The lowest BCUT2D eigenvalue weighted by Crippen LogP contribution is -2.10. The third-order valence-corrected chi connectivity index (χ3v) is 4.40. The number of carbonyl (C=O) groups is 1. The molecule has 0 saturated carbocycles. The van der Waals surface area contributed by atoms with Crippen LogP contribution < -0.4 is 5.73 Å². The van der Waals surface area contributed by atoms with Crippen molar-refractivity contribution in [1.29, 1.82) is 0 Å². The van der Waals surface area contributed by atoms with Crippen molar-refractivity contribution < 1.29 is 9.53 Å². The zero-order valence-corrected chi connectivity index (χ0v) is 14.0. The molecule has 0 bridgehead atoms. The van der Waals surface area contributed by atoms with E-state index in [4.69, 9.17) is 22.1 Å². The van der Waals surface area contributed by atoms with Crippen LogP contribution in [0.15, 0.2) is 22.7 Å². The molecule has 2 aromatic rings. The second kappa shape index (κ2) is 6.49. The molecule has 0 aliphatic carbocycles. The Hall–Kier alpha value is -1.53. The largest absolute Gasteiger partial charge is 0.456 e. The van der Waals surface area contributed by atoms with Gasteiger partial charge in [-0.05, 0) is 48.0 Å². The van der Waals surface area contributed by atoms with Crippen molar-refractivity contribution in [2.24, 2.45) is 0 Å². The fourth-order valence-corrected chi connectivity index (χ4v) is 2.41. The van der Waals surface area contributed by atoms with Crippen LogP contribution in [0.4, 0.5) is 5.69 Å². The van der Waals surface area contributed by atoms with E-state index in [-0.39, 0.29) is 6.61 Å². The van der Waals surface area contributed by atoms with Gasteiger partial charge in [0.1, 0.15) is 6.61 Å². The van der Waals surface area contributed by atoms with E-state index in [2.05, 4.69) is 21.0 Å². The van der Waals surface area contributed by atoms with E-state index >= 15 is 0 Å². The lowest BCUT2D eigenvalue weighted by molar-refractivity contribution is 0.0461. The second-order valence-corrected chi connectivity index (χ2v) is 5.67. The van der Waals surface area contributed by atoms with E-state index in [1.54, 1.807) is 16.8 Å². The van der Waals surface area contributed by atoms with Gasteiger partial charge < -0.3 is 10.5 Å². The summed E-state index contributed by atoms with van der Waals surface area (Å²) < 4.78 is 7.97. The van der Waals surface area contributed by atoms with Crippen molar-refractivity contribution in [3.8, 4) is 0 Å². The van der Waals surface area contributed by atoms with Gasteiger partial charge in [-0.1, -0.05) is 11.6 Å². The average molecular weight is 373 g/mol. The Morgan fingerprint density at radius 1 is 1.52 bits per heavy atom. The molecule has 1 heterocycles. The SMILES string of the molecule is CCn1nc(C)c(Br)c1COC(=O)c1ccc(Cl)c(N)c1. The molecule has 112 valence electrons. The van der Waals surface area contributed by atoms with Crippen LogP contribution in [0.1, 0.15) is 28.7 Å². The van der Waals surface area contributed by atoms with E-state index in [1.807, 2.05) is 13.8 Å². The average Bonchev–Trinajstić information content (AvgIpc) is 2.74. The van der Waals surface area contributed by atoms with Gasteiger partial charge in [0.25, 0.3) is 0 Å². The third kappa shape index (κ3) is 3.39. The molecule has 2 rings (SSSR count). The summed E-state index contributed by atoms with van der Waals surface area (Å²) in [6, 6.07) is 4.66. The van der Waals surface area contributed by atoms with E-state index in [9.17, 15) is 4.79 Å². The summed E-state index contributed by atoms with van der Waals surface area (Å²) in [7, 11) is 0. The Bertz CT molecular complexity index is 685. The number of hydrogen-bond acceptors (Lipinski definition) is 4. The van der Waals surface area contributed by atoms with Crippen molar-refractivity contribution >= 4 is 39.2 Å². The Balaban J connectivity index is 2.12. The molecule has 1 aromatic heterocycles. The zero-order chi connectivity index (χ0) is 15.6. The highest BCUT2D eigenvalue weighted by molar-refractivity contribution is 9.10. The number of nitrogens with two attached hydrogens (primary N) is 1. The number of anilines is 1. The highest BCUT2D eigenvalue weighted by atomic mass is 79.9. The summed E-state index contributed by atoms with van der Waals surface area (Å²) >= 11 is 9.28. The van der Waals surface area contributed by atoms with Crippen LogP contribution in [0.2, 0.25) is 5.02 Å². The maximum absolute atomic E-state index is 12.0. The molecular weight excluding hydrogens is 358 g/mol. The predicted octanol–water partition coefficient (Wildman–Crippen LogP) is 3.57. The van der Waals surface area contributed by atoms with Gasteiger partial charge in [-0.3, -0.25) is 4.68 Å². The normalized spacial score (nSPS) is 10.7. The summed E-state index contributed by atoms with van der Waals surface area (Å²) in [4.78, 5) is 12.0.